The SMILES string of the molecule is Cc1ccc(CN2CCN(c3cc(C4CCNCC4)nc(C)n3)CC2=O)cc1. The van der Waals surface area contributed by atoms with Gasteiger partial charge in [0.1, 0.15) is 11.6 Å². The van der Waals surface area contributed by atoms with Crippen molar-refractivity contribution in [2.75, 3.05) is 37.6 Å². The summed E-state index contributed by atoms with van der Waals surface area (Å²) in [5, 5.41) is 3.41. The molecule has 6 nitrogen and oxygen atoms in total. The number of carbonyl (C=O) groups is 1. The van der Waals surface area contributed by atoms with Crippen LogP contribution in [-0.4, -0.2) is 53.5 Å². The lowest BCUT2D eigenvalue weighted by Crippen LogP contribution is -2.50. The fourth-order valence-electron chi connectivity index (χ4n) is 4.05. The van der Waals surface area contributed by atoms with E-state index in [0.29, 0.717) is 19.0 Å². The molecule has 0 saturated carbocycles. The molecule has 28 heavy (non-hydrogen) atoms. The molecular weight excluding hydrogens is 350 g/mol. The summed E-state index contributed by atoms with van der Waals surface area (Å²) in [6.45, 7) is 8.69. The number of anilines is 1. The third kappa shape index (κ3) is 4.33. The fourth-order valence-corrected chi connectivity index (χ4v) is 4.05. The zero-order chi connectivity index (χ0) is 19.5. The third-order valence-corrected chi connectivity index (χ3v) is 5.74. The number of hydrogen-bond acceptors (Lipinski definition) is 5. The molecule has 148 valence electrons. The molecule has 0 atom stereocenters. The number of rotatable bonds is 4. The standard InChI is InChI=1S/C22H29N5O/c1-16-3-5-18(6-4-16)14-27-12-11-26(15-22(27)28)21-13-20(24-17(2)25-21)19-7-9-23-10-8-19/h3-6,13,19,23H,7-12,14-15H2,1-2H3. The number of nitrogens with zero attached hydrogens (tertiary/aromatic N) is 4. The summed E-state index contributed by atoms with van der Waals surface area (Å²) in [5.41, 5.74) is 3.54. The minimum Gasteiger partial charge on any atom is -0.345 e. The lowest BCUT2D eigenvalue weighted by molar-refractivity contribution is -0.131. The maximum atomic E-state index is 12.8. The minimum absolute atomic E-state index is 0.159. The first-order valence-electron chi connectivity index (χ1n) is 10.2. The van der Waals surface area contributed by atoms with E-state index in [1.165, 1.54) is 11.1 Å². The van der Waals surface area contributed by atoms with Crippen LogP contribution in [0.5, 0.6) is 0 Å². The first-order valence-corrected chi connectivity index (χ1v) is 10.2. The van der Waals surface area contributed by atoms with Crippen molar-refractivity contribution < 1.29 is 4.79 Å². The van der Waals surface area contributed by atoms with Gasteiger partial charge in [0.15, 0.2) is 0 Å². The van der Waals surface area contributed by atoms with E-state index in [9.17, 15) is 4.79 Å². The largest absolute Gasteiger partial charge is 0.345 e. The van der Waals surface area contributed by atoms with Crippen LogP contribution in [0.4, 0.5) is 5.82 Å². The number of piperazine rings is 1. The van der Waals surface area contributed by atoms with Crippen LogP contribution >= 0.6 is 0 Å². The van der Waals surface area contributed by atoms with Crippen molar-refractivity contribution in [3.05, 3.63) is 53.0 Å². The van der Waals surface area contributed by atoms with Gasteiger partial charge in [0.2, 0.25) is 5.91 Å². The van der Waals surface area contributed by atoms with E-state index >= 15 is 0 Å². The van der Waals surface area contributed by atoms with Gasteiger partial charge in [-0.1, -0.05) is 29.8 Å². The first-order chi connectivity index (χ1) is 13.6. The second-order valence-corrected chi connectivity index (χ2v) is 7.94. The third-order valence-electron chi connectivity index (χ3n) is 5.74. The number of hydrogen-bond donors (Lipinski definition) is 1. The van der Waals surface area contributed by atoms with Crippen molar-refractivity contribution in [1.82, 2.24) is 20.2 Å². The Morgan fingerprint density at radius 1 is 1.07 bits per heavy atom. The number of aromatic nitrogens is 2. The van der Waals surface area contributed by atoms with E-state index in [0.717, 1.165) is 56.4 Å². The molecule has 0 unspecified atom stereocenters. The van der Waals surface area contributed by atoms with Crippen LogP contribution in [0.2, 0.25) is 0 Å². The summed E-state index contributed by atoms with van der Waals surface area (Å²) >= 11 is 0. The average molecular weight is 380 g/mol. The number of benzene rings is 1. The Balaban J connectivity index is 1.44. The highest BCUT2D eigenvalue weighted by Gasteiger charge is 2.26. The monoisotopic (exact) mass is 379 g/mol. The van der Waals surface area contributed by atoms with Crippen molar-refractivity contribution in [2.45, 2.75) is 39.2 Å². The highest BCUT2D eigenvalue weighted by atomic mass is 16.2. The average Bonchev–Trinajstić information content (AvgIpc) is 2.71. The Morgan fingerprint density at radius 3 is 2.54 bits per heavy atom. The van der Waals surface area contributed by atoms with Crippen LogP contribution in [0, 0.1) is 13.8 Å². The zero-order valence-corrected chi connectivity index (χ0v) is 16.8. The Kier molecular flexibility index (Phi) is 5.57. The van der Waals surface area contributed by atoms with E-state index < -0.39 is 0 Å². The van der Waals surface area contributed by atoms with E-state index in [4.69, 9.17) is 0 Å². The van der Waals surface area contributed by atoms with Crippen molar-refractivity contribution in [3.63, 3.8) is 0 Å². The molecule has 2 saturated heterocycles. The van der Waals surface area contributed by atoms with Gasteiger partial charge in [-0.15, -0.1) is 0 Å². The first kappa shape index (κ1) is 18.9. The molecule has 1 N–H and O–H groups in total. The highest BCUT2D eigenvalue weighted by Crippen LogP contribution is 2.27. The number of amides is 1. The van der Waals surface area contributed by atoms with Crippen molar-refractivity contribution in [3.8, 4) is 0 Å². The van der Waals surface area contributed by atoms with Gasteiger partial charge in [-0.25, -0.2) is 9.97 Å². The molecule has 6 heteroatoms. The second-order valence-electron chi connectivity index (χ2n) is 7.94. The normalized spacial score (nSPS) is 18.6. The summed E-state index contributed by atoms with van der Waals surface area (Å²) in [6.07, 6.45) is 2.22. The molecule has 3 heterocycles. The maximum absolute atomic E-state index is 12.8. The molecule has 0 aliphatic carbocycles. The molecule has 4 rings (SSSR count). The lowest BCUT2D eigenvalue weighted by Gasteiger charge is -2.35. The minimum atomic E-state index is 0.159. The Hall–Kier alpha value is -2.47. The van der Waals surface area contributed by atoms with Gasteiger partial charge in [0.25, 0.3) is 0 Å². The Morgan fingerprint density at radius 2 is 1.82 bits per heavy atom. The van der Waals surface area contributed by atoms with Gasteiger partial charge >= 0.3 is 0 Å². The van der Waals surface area contributed by atoms with Gasteiger partial charge in [-0.05, 0) is 45.3 Å². The van der Waals surface area contributed by atoms with Gasteiger partial charge in [0, 0.05) is 37.3 Å². The summed E-state index contributed by atoms with van der Waals surface area (Å²) < 4.78 is 0. The lowest BCUT2D eigenvalue weighted by atomic mass is 9.94. The van der Waals surface area contributed by atoms with Crippen LogP contribution in [0.1, 0.15) is 41.4 Å². The second kappa shape index (κ2) is 8.27. The maximum Gasteiger partial charge on any atom is 0.242 e. The predicted molar refractivity (Wildman–Crippen MR) is 110 cm³/mol. The summed E-state index contributed by atoms with van der Waals surface area (Å²) in [4.78, 5) is 26.1. The molecule has 0 spiro atoms. The zero-order valence-electron chi connectivity index (χ0n) is 16.8. The van der Waals surface area contributed by atoms with Gasteiger partial charge in [-0.3, -0.25) is 4.79 Å². The molecule has 2 aliphatic rings. The van der Waals surface area contributed by atoms with Crippen molar-refractivity contribution in [1.29, 1.82) is 0 Å². The summed E-state index contributed by atoms with van der Waals surface area (Å²) in [5.74, 6) is 2.33. The molecule has 1 amide bonds. The summed E-state index contributed by atoms with van der Waals surface area (Å²) in [7, 11) is 0. The molecule has 0 bridgehead atoms. The number of carbonyl (C=O) groups excluding carboxylic acids is 1. The van der Waals surface area contributed by atoms with E-state index in [-0.39, 0.29) is 5.91 Å². The molecule has 1 aromatic carbocycles. The molecule has 1 aromatic heterocycles. The van der Waals surface area contributed by atoms with Crippen LogP contribution in [0.15, 0.2) is 30.3 Å². The van der Waals surface area contributed by atoms with Crippen LogP contribution in [-0.2, 0) is 11.3 Å². The van der Waals surface area contributed by atoms with Gasteiger partial charge < -0.3 is 15.1 Å². The van der Waals surface area contributed by atoms with Crippen LogP contribution in [0.3, 0.4) is 0 Å². The molecule has 2 fully saturated rings. The predicted octanol–water partition coefficient (Wildman–Crippen LogP) is 2.41. The van der Waals surface area contributed by atoms with Crippen LogP contribution < -0.4 is 10.2 Å². The van der Waals surface area contributed by atoms with E-state index in [1.54, 1.807) is 0 Å². The number of piperidine rings is 1. The molecule has 2 aromatic rings. The van der Waals surface area contributed by atoms with Gasteiger partial charge in [-0.2, -0.15) is 0 Å². The highest BCUT2D eigenvalue weighted by molar-refractivity contribution is 5.82. The Labute approximate surface area is 167 Å². The Bertz CT molecular complexity index is 829. The van der Waals surface area contributed by atoms with Crippen molar-refractivity contribution >= 4 is 11.7 Å². The molecule has 2 aliphatic heterocycles. The molecule has 0 radical (unpaired) electrons. The topological polar surface area (TPSA) is 61.4 Å². The molecular formula is C22H29N5O. The van der Waals surface area contributed by atoms with Crippen molar-refractivity contribution in [2.24, 2.45) is 0 Å². The number of nitrogens with one attached hydrogen (secondary N) is 1. The smallest absolute Gasteiger partial charge is 0.242 e. The quantitative estimate of drug-likeness (QED) is 0.884. The van der Waals surface area contributed by atoms with E-state index in [1.807, 2.05) is 11.8 Å². The fraction of sp³-hybridized carbons (Fsp3) is 0.500. The number of aryl methyl sites for hydroxylation is 2. The van der Waals surface area contributed by atoms with E-state index in [2.05, 4.69) is 57.4 Å². The van der Waals surface area contributed by atoms with Crippen LogP contribution in [0.25, 0.3) is 0 Å². The van der Waals surface area contributed by atoms with Gasteiger partial charge in [0.05, 0.1) is 6.54 Å². The summed E-state index contributed by atoms with van der Waals surface area (Å²) in [6, 6.07) is 10.5.